The van der Waals surface area contributed by atoms with E-state index in [1.807, 2.05) is 30.0 Å². The number of nitrogens with zero attached hydrogens (tertiary/aromatic N) is 22. The first-order valence-electron chi connectivity index (χ1n) is 45.8. The standard InChI is InChI=1S/C35H44N8O2.C33H39N7O2.C32H37N7O2/c1-39(2)18-8-14-33(44)43-22-21-42(23-27(43)15-17-36)34-30-16-20-41(32-13-6-10-26-9-4-5-12-29(26)32)24-31(30)37-35(38-34)45-25-28-11-7-19-40(28)3;1-3-31(41)40-20-19-39(21-25(40)14-16-34)32-28-15-18-38(30-13-7-10-24-9-5-6-12-27(24)30)22-29(28)35-33(36-32)42-23-26-11-8-17-37(26)4-2;1-3-30(40)39-19-18-38(20-24(39)13-15-33)31-27-14-17-37(29-12-6-9-23-8-4-5-11-26(23)29)21-28(27)34-32(35-31)41-22-25-10-7-16-36(25)2/h4-6,8-10,12-14,27-28H,7,11,15-16,18-25H2,1-3H3;3,5-7,9-10,12-13,25-26H,1,4,8,11,14-15,17-23H2,2H3;3-6,8-9,11-12,24-25H,1,7,10,13-14,16-22H2,2H3/b14-8+;;/t27-,28-;25?,26-;24-,25-/m000/s1. The number of aromatic nitrogens is 6. The molecule has 12 heterocycles. The maximum atomic E-state index is 13.1. The molecule has 6 aromatic carbocycles. The molecule has 9 aromatic rings. The van der Waals surface area contributed by atoms with Crippen LogP contribution < -0.4 is 43.6 Å². The summed E-state index contributed by atoms with van der Waals surface area (Å²) in [6, 6.07) is 53.4. The Hall–Kier alpha value is -12.5. The van der Waals surface area contributed by atoms with Crippen LogP contribution in [0.4, 0.5) is 34.5 Å². The van der Waals surface area contributed by atoms with Gasteiger partial charge in [0.05, 0.1) is 92.3 Å². The van der Waals surface area contributed by atoms with Gasteiger partial charge in [-0.25, -0.2) is 0 Å². The van der Waals surface area contributed by atoms with Gasteiger partial charge in [0.25, 0.3) is 0 Å². The molecule has 3 aromatic heterocycles. The number of likely N-dealkylation sites (tertiary alicyclic amines) is 3. The number of hydrogen-bond donors (Lipinski definition) is 0. The lowest BCUT2D eigenvalue weighted by atomic mass is 10.0. The predicted octanol–water partition coefficient (Wildman–Crippen LogP) is 11.7. The maximum absolute atomic E-state index is 13.1. The van der Waals surface area contributed by atoms with Gasteiger partial charge in [0, 0.05) is 159 Å². The van der Waals surface area contributed by atoms with Gasteiger partial charge < -0.3 is 73.0 Å². The van der Waals surface area contributed by atoms with Crippen LogP contribution in [0.2, 0.25) is 0 Å². The van der Waals surface area contributed by atoms with Gasteiger partial charge in [0.15, 0.2) is 0 Å². The van der Waals surface area contributed by atoms with Crippen LogP contribution in [0.5, 0.6) is 18.0 Å². The van der Waals surface area contributed by atoms with Gasteiger partial charge in [-0.05, 0) is 159 Å². The second-order valence-electron chi connectivity index (χ2n) is 35.2. The first-order chi connectivity index (χ1) is 62.5. The van der Waals surface area contributed by atoms with Crippen molar-refractivity contribution in [3.63, 3.8) is 0 Å². The van der Waals surface area contributed by atoms with Gasteiger partial charge in [-0.2, -0.15) is 45.7 Å². The van der Waals surface area contributed by atoms with E-state index in [0.29, 0.717) is 141 Å². The quantitative estimate of drug-likeness (QED) is 0.0509. The van der Waals surface area contributed by atoms with Gasteiger partial charge in [-0.1, -0.05) is 135 Å². The number of rotatable bonds is 24. The van der Waals surface area contributed by atoms with Crippen LogP contribution in [0.15, 0.2) is 165 Å². The lowest BCUT2D eigenvalue weighted by molar-refractivity contribution is -0.129. The summed E-state index contributed by atoms with van der Waals surface area (Å²) >= 11 is 0. The predicted molar refractivity (Wildman–Crippen MR) is 502 cm³/mol. The van der Waals surface area contributed by atoms with Crippen molar-refractivity contribution in [2.24, 2.45) is 0 Å². The Kier molecular flexibility index (Phi) is 28.8. The normalized spacial score (nSPS) is 20.8. The van der Waals surface area contributed by atoms with Crippen LogP contribution in [-0.2, 0) is 53.3 Å². The number of amides is 3. The molecule has 6 fully saturated rings. The minimum Gasteiger partial charge on any atom is -0.462 e. The van der Waals surface area contributed by atoms with E-state index in [9.17, 15) is 30.2 Å². The van der Waals surface area contributed by atoms with Crippen molar-refractivity contribution < 1.29 is 28.6 Å². The SMILES string of the molecule is C=CC(=O)N1CCN(c2nc(OC[C@@H]3CCCN3C)nc3c2CCN(c2cccc4ccccc24)C3)C[C@@H]1CC#N.C=CC(=O)N1CCN(c2nc(OC[C@@H]3CCCN3CC)nc3c2CCN(c2cccc4ccccc24)C3)CC1CC#N.CN(C)C/C=C/C(=O)N1CCN(c2nc(OC[C@@H]3CCCN3C)nc3c2CCN(c2cccc4ccccc24)C3)C[C@@H]1CC#N. The van der Waals surface area contributed by atoms with Gasteiger partial charge in [0.2, 0.25) is 17.7 Å². The number of anilines is 6. The zero-order valence-corrected chi connectivity index (χ0v) is 74.8. The van der Waals surface area contributed by atoms with Crippen LogP contribution in [-0.4, -0.2) is 277 Å². The van der Waals surface area contributed by atoms with Crippen molar-refractivity contribution in [1.29, 1.82) is 15.8 Å². The first-order valence-corrected chi connectivity index (χ1v) is 45.8. The van der Waals surface area contributed by atoms with Gasteiger partial charge in [-0.3, -0.25) is 19.3 Å². The molecule has 0 saturated carbocycles. The van der Waals surface area contributed by atoms with Crippen molar-refractivity contribution in [2.75, 3.05) is 189 Å². The minimum absolute atomic E-state index is 0.0445. The van der Waals surface area contributed by atoms with Crippen molar-refractivity contribution in [3.8, 4) is 36.2 Å². The molecule has 0 aliphatic carbocycles. The maximum Gasteiger partial charge on any atom is 0.318 e. The molecule has 1 unspecified atom stereocenters. The third-order valence-corrected chi connectivity index (χ3v) is 27.1. The van der Waals surface area contributed by atoms with E-state index in [1.54, 1.807) is 15.9 Å². The molecule has 128 heavy (non-hydrogen) atoms. The van der Waals surface area contributed by atoms with Crippen LogP contribution in [0.25, 0.3) is 32.3 Å². The number of benzene rings is 6. The summed E-state index contributed by atoms with van der Waals surface area (Å²) in [5.74, 6) is 2.31. The lowest BCUT2D eigenvalue weighted by Gasteiger charge is -2.42. The topological polar surface area (TPSA) is 270 Å². The Balaban J connectivity index is 0.000000141. The molecule has 3 amide bonds. The lowest BCUT2D eigenvalue weighted by Crippen LogP contribution is -2.55. The van der Waals surface area contributed by atoms with E-state index in [4.69, 9.17) is 44.1 Å². The van der Waals surface area contributed by atoms with Gasteiger partial charge in [0.1, 0.15) is 37.3 Å². The summed E-state index contributed by atoms with van der Waals surface area (Å²) in [5.41, 5.74) is 9.96. The molecule has 0 bridgehead atoms. The first kappa shape index (κ1) is 88.9. The highest BCUT2D eigenvalue weighted by atomic mass is 16.5. The Bertz CT molecular complexity index is 5640. The number of carbonyl (C=O) groups is 3. The zero-order valence-electron chi connectivity index (χ0n) is 74.8. The van der Waals surface area contributed by atoms with Crippen LogP contribution in [0.1, 0.15) is 98.5 Å². The monoisotopic (exact) mass is 1720 g/mol. The van der Waals surface area contributed by atoms with Crippen molar-refractivity contribution in [3.05, 3.63) is 199 Å². The van der Waals surface area contributed by atoms with Crippen molar-refractivity contribution in [1.82, 2.24) is 64.2 Å². The number of ether oxygens (including phenoxy) is 3. The van der Waals surface area contributed by atoms with Gasteiger partial charge >= 0.3 is 18.0 Å². The van der Waals surface area contributed by atoms with E-state index in [1.165, 1.54) is 80.8 Å². The summed E-state index contributed by atoms with van der Waals surface area (Å²) in [4.78, 5) is 96.6. The van der Waals surface area contributed by atoms with Gasteiger partial charge in [-0.15, -0.1) is 0 Å². The summed E-state index contributed by atoms with van der Waals surface area (Å²) < 4.78 is 19.0. The molecule has 9 aliphatic rings. The largest absolute Gasteiger partial charge is 0.462 e. The van der Waals surface area contributed by atoms with Crippen LogP contribution >= 0.6 is 0 Å². The van der Waals surface area contributed by atoms with E-state index >= 15 is 0 Å². The Morgan fingerprint density at radius 2 is 0.766 bits per heavy atom. The van der Waals surface area contributed by atoms with Crippen LogP contribution in [0.3, 0.4) is 0 Å². The summed E-state index contributed by atoms with van der Waals surface area (Å²) in [5, 5.41) is 36.1. The molecule has 9 aliphatic heterocycles. The minimum atomic E-state index is -0.225. The molecule has 0 radical (unpaired) electrons. The summed E-state index contributed by atoms with van der Waals surface area (Å²) in [6.45, 7) is 25.8. The second kappa shape index (κ2) is 41.5. The molecule has 6 saturated heterocycles. The molecular formula is C100H120N22O6. The molecule has 18 rings (SSSR count). The van der Waals surface area contributed by atoms with E-state index < -0.39 is 0 Å². The van der Waals surface area contributed by atoms with E-state index in [2.05, 4.69) is 224 Å². The highest BCUT2D eigenvalue weighted by Gasteiger charge is 2.39. The van der Waals surface area contributed by atoms with E-state index in [0.717, 1.165) is 136 Å². The molecule has 28 nitrogen and oxygen atoms in total. The number of hydrogen-bond acceptors (Lipinski definition) is 25. The Labute approximate surface area is 752 Å². The van der Waals surface area contributed by atoms with E-state index in [-0.39, 0.29) is 55.1 Å². The fourth-order valence-electron chi connectivity index (χ4n) is 20.2. The van der Waals surface area contributed by atoms with Crippen molar-refractivity contribution >= 4 is 84.6 Å². The third-order valence-electron chi connectivity index (χ3n) is 27.1. The van der Waals surface area contributed by atoms with Crippen molar-refractivity contribution in [2.45, 2.75) is 140 Å². The molecule has 0 N–H and O–H groups in total. The number of carbonyl (C=O) groups excluding carboxylic acids is 3. The fourth-order valence-corrected chi connectivity index (χ4v) is 20.2. The summed E-state index contributed by atoms with van der Waals surface area (Å²) in [6.07, 6.45) is 16.3. The summed E-state index contributed by atoms with van der Waals surface area (Å²) in [7, 11) is 8.23. The Morgan fingerprint density at radius 3 is 1.11 bits per heavy atom. The molecule has 28 heteroatoms. The molecular weight excluding hydrogens is 1610 g/mol. The Morgan fingerprint density at radius 1 is 0.422 bits per heavy atom. The zero-order chi connectivity index (χ0) is 88.7. The number of piperazine rings is 3. The third kappa shape index (κ3) is 20.2. The second-order valence-corrected chi connectivity index (χ2v) is 35.2. The fraction of sp³-hybridized carbons (Fsp3) is 0.460. The molecule has 666 valence electrons. The smallest absolute Gasteiger partial charge is 0.318 e. The highest BCUT2D eigenvalue weighted by molar-refractivity contribution is 5.97. The number of likely N-dealkylation sites (N-methyl/N-ethyl adjacent to an activating group) is 4. The molecule has 6 atom stereocenters. The van der Waals surface area contributed by atoms with Crippen LogP contribution in [0, 0.1) is 34.0 Å². The number of fused-ring (bicyclic) bond motifs is 6. The number of nitriles is 3. The average molecular weight is 1730 g/mol. The molecule has 0 spiro atoms. The average Bonchev–Trinajstić information content (AvgIpc) is 0.968. The highest BCUT2D eigenvalue weighted by Crippen LogP contribution is 2.41.